The molecule has 0 radical (unpaired) electrons. The number of ether oxygens (including phenoxy) is 1. The Morgan fingerprint density at radius 2 is 1.98 bits per heavy atom. The molecule has 1 aromatic carbocycles. The summed E-state index contributed by atoms with van der Waals surface area (Å²) in [6.07, 6.45) is 1.55. The van der Waals surface area contributed by atoms with Crippen LogP contribution in [0.3, 0.4) is 0 Å². The maximum atomic E-state index is 14.2. The van der Waals surface area contributed by atoms with Gasteiger partial charge < -0.3 is 20.1 Å². The van der Waals surface area contributed by atoms with Crippen LogP contribution in [-0.4, -0.2) is 67.1 Å². The third kappa shape index (κ3) is 4.95. The van der Waals surface area contributed by atoms with Gasteiger partial charge in [0.2, 0.25) is 11.8 Å². The summed E-state index contributed by atoms with van der Waals surface area (Å²) < 4.78 is 7.71. The standard InChI is InChI=1S/C29H36N6O4S/c1-16(18-5-9-20(10-6-18)25-17(2)30-15-40-25)31-27(37)22-11-21(36)12-34(22)28(38)26-29(3,4)14-39-13-23-24(19-7-8-19)32-33-35(23)26/h5-6,9-10,15-16,19,21-22,26,36H,7-8,11-14H2,1-4H3,(H,31,37)/t16-,21+,22-,26+/m0/s1. The van der Waals surface area contributed by atoms with Gasteiger partial charge in [-0.3, -0.25) is 9.59 Å². The van der Waals surface area contributed by atoms with E-state index in [4.69, 9.17) is 4.74 Å². The molecule has 11 heteroatoms. The minimum Gasteiger partial charge on any atom is -0.391 e. The predicted molar refractivity (Wildman–Crippen MR) is 149 cm³/mol. The predicted octanol–water partition coefficient (Wildman–Crippen LogP) is 3.52. The number of likely N-dealkylation sites (tertiary alicyclic amines) is 1. The summed E-state index contributed by atoms with van der Waals surface area (Å²) in [5.74, 6) is -0.143. The van der Waals surface area contributed by atoms with E-state index >= 15 is 0 Å². The van der Waals surface area contributed by atoms with Crippen molar-refractivity contribution in [1.29, 1.82) is 0 Å². The topological polar surface area (TPSA) is 122 Å². The Bertz CT molecular complexity index is 1410. The van der Waals surface area contributed by atoms with E-state index in [1.807, 2.05) is 57.5 Å². The number of aromatic nitrogens is 4. The first kappa shape index (κ1) is 27.0. The Morgan fingerprint density at radius 3 is 2.65 bits per heavy atom. The third-order valence-corrected chi connectivity index (χ3v) is 9.34. The molecule has 3 aliphatic rings. The Balaban J connectivity index is 1.21. The lowest BCUT2D eigenvalue weighted by molar-refractivity contribution is -0.145. The number of benzene rings is 1. The van der Waals surface area contributed by atoms with E-state index in [0.29, 0.717) is 19.1 Å². The number of nitrogens with zero attached hydrogens (tertiary/aromatic N) is 5. The number of carbonyl (C=O) groups is 2. The molecular weight excluding hydrogens is 528 g/mol. The van der Waals surface area contributed by atoms with Gasteiger partial charge in [0.05, 0.1) is 52.8 Å². The van der Waals surface area contributed by atoms with Gasteiger partial charge in [-0.15, -0.1) is 16.4 Å². The number of hydrogen-bond donors (Lipinski definition) is 2. The lowest BCUT2D eigenvalue weighted by Gasteiger charge is -2.35. The number of carbonyl (C=O) groups excluding carboxylic acids is 2. The molecule has 40 heavy (non-hydrogen) atoms. The maximum absolute atomic E-state index is 14.2. The summed E-state index contributed by atoms with van der Waals surface area (Å²) in [5, 5.41) is 22.5. The van der Waals surface area contributed by atoms with Crippen LogP contribution in [0.5, 0.6) is 0 Å². The summed E-state index contributed by atoms with van der Waals surface area (Å²) in [6.45, 7) is 8.70. The molecule has 4 heterocycles. The van der Waals surface area contributed by atoms with E-state index in [9.17, 15) is 14.7 Å². The largest absolute Gasteiger partial charge is 0.391 e. The molecule has 0 bridgehead atoms. The number of hydrogen-bond acceptors (Lipinski definition) is 8. The van der Waals surface area contributed by atoms with Gasteiger partial charge in [-0.1, -0.05) is 43.3 Å². The number of amides is 2. The van der Waals surface area contributed by atoms with Crippen molar-refractivity contribution in [3.63, 3.8) is 0 Å². The SMILES string of the molecule is Cc1ncsc1-c1ccc([C@H](C)NC(=O)[C@@H]2C[C@@H](O)CN2C(=O)[C@H]2n3nnc(C4CC4)c3COCC2(C)C)cc1. The van der Waals surface area contributed by atoms with Gasteiger partial charge in [0.1, 0.15) is 12.1 Å². The molecule has 2 fully saturated rings. The van der Waals surface area contributed by atoms with Crippen molar-refractivity contribution in [3.8, 4) is 10.4 Å². The highest BCUT2D eigenvalue weighted by molar-refractivity contribution is 7.13. The number of aliphatic hydroxyl groups excluding tert-OH is 1. The molecule has 3 aromatic rings. The van der Waals surface area contributed by atoms with Crippen molar-refractivity contribution in [2.24, 2.45) is 5.41 Å². The van der Waals surface area contributed by atoms with Gasteiger partial charge >= 0.3 is 0 Å². The molecule has 212 valence electrons. The minimum atomic E-state index is -0.779. The van der Waals surface area contributed by atoms with E-state index in [2.05, 4.69) is 20.6 Å². The van der Waals surface area contributed by atoms with Crippen LogP contribution in [0.2, 0.25) is 0 Å². The van der Waals surface area contributed by atoms with Gasteiger partial charge in [0.25, 0.3) is 0 Å². The van der Waals surface area contributed by atoms with Gasteiger partial charge in [-0.2, -0.15) is 0 Å². The lowest BCUT2D eigenvalue weighted by Crippen LogP contribution is -2.51. The fourth-order valence-electron chi connectivity index (χ4n) is 5.96. The highest BCUT2D eigenvalue weighted by Gasteiger charge is 2.49. The lowest BCUT2D eigenvalue weighted by atomic mass is 9.84. The second-order valence-electron chi connectivity index (χ2n) is 12.0. The Labute approximate surface area is 237 Å². The molecular formula is C29H36N6O4S. The average molecular weight is 565 g/mol. The fraction of sp³-hybridized carbons (Fsp3) is 0.552. The van der Waals surface area contributed by atoms with Crippen molar-refractivity contribution < 1.29 is 19.4 Å². The highest BCUT2D eigenvalue weighted by atomic mass is 32.1. The summed E-state index contributed by atoms with van der Waals surface area (Å²) in [4.78, 5) is 34.8. The summed E-state index contributed by atoms with van der Waals surface area (Å²) >= 11 is 1.60. The molecule has 6 rings (SSSR count). The number of fused-ring (bicyclic) bond motifs is 1. The minimum absolute atomic E-state index is 0.0984. The summed E-state index contributed by atoms with van der Waals surface area (Å²) in [5.41, 5.74) is 6.05. The van der Waals surface area contributed by atoms with Gasteiger partial charge in [-0.05, 0) is 37.8 Å². The second kappa shape index (κ2) is 10.4. The van der Waals surface area contributed by atoms with Crippen LogP contribution < -0.4 is 5.32 Å². The van der Waals surface area contributed by atoms with Crippen molar-refractivity contribution in [2.75, 3.05) is 13.2 Å². The zero-order chi connectivity index (χ0) is 28.2. The van der Waals surface area contributed by atoms with Gasteiger partial charge in [0.15, 0.2) is 0 Å². The van der Waals surface area contributed by atoms with Crippen molar-refractivity contribution >= 4 is 23.2 Å². The van der Waals surface area contributed by atoms with Crippen LogP contribution in [-0.2, 0) is 20.9 Å². The van der Waals surface area contributed by atoms with Crippen LogP contribution in [0.25, 0.3) is 10.4 Å². The first-order valence-electron chi connectivity index (χ1n) is 13.9. The average Bonchev–Trinajstić information content (AvgIpc) is 3.40. The van der Waals surface area contributed by atoms with Crippen LogP contribution >= 0.6 is 11.3 Å². The van der Waals surface area contributed by atoms with Crippen molar-refractivity contribution in [1.82, 2.24) is 30.2 Å². The summed E-state index contributed by atoms with van der Waals surface area (Å²) in [6, 6.07) is 6.34. The van der Waals surface area contributed by atoms with Crippen LogP contribution in [0.4, 0.5) is 0 Å². The van der Waals surface area contributed by atoms with Gasteiger partial charge in [0, 0.05) is 24.3 Å². The molecule has 0 spiro atoms. The number of aliphatic hydroxyl groups is 1. The number of β-amino-alcohol motifs (C(OH)–C–C–N with tert-alkyl or cyclic N) is 1. The normalized spacial score (nSPS) is 24.8. The smallest absolute Gasteiger partial charge is 0.248 e. The number of rotatable bonds is 6. The maximum Gasteiger partial charge on any atom is 0.248 e. The molecule has 1 saturated carbocycles. The quantitative estimate of drug-likeness (QED) is 0.470. The van der Waals surface area contributed by atoms with E-state index in [0.717, 1.165) is 45.9 Å². The molecule has 1 saturated heterocycles. The Hall–Kier alpha value is -3.15. The second-order valence-corrected chi connectivity index (χ2v) is 12.9. The number of thiazole rings is 1. The molecule has 2 aliphatic heterocycles. The number of nitrogens with one attached hydrogen (secondary N) is 1. The molecule has 1 aliphatic carbocycles. The fourth-order valence-corrected chi connectivity index (χ4v) is 6.78. The Kier molecular flexibility index (Phi) is 7.00. The number of aryl methyl sites for hydroxylation is 1. The molecule has 10 nitrogen and oxygen atoms in total. The van der Waals surface area contributed by atoms with E-state index in [1.54, 1.807) is 16.0 Å². The van der Waals surface area contributed by atoms with Gasteiger partial charge in [-0.25, -0.2) is 9.67 Å². The zero-order valence-electron chi connectivity index (χ0n) is 23.3. The van der Waals surface area contributed by atoms with E-state index in [1.165, 1.54) is 4.90 Å². The van der Waals surface area contributed by atoms with Crippen molar-refractivity contribution in [2.45, 2.75) is 83.7 Å². The first-order chi connectivity index (χ1) is 19.1. The van der Waals surface area contributed by atoms with E-state index in [-0.39, 0.29) is 30.8 Å². The Morgan fingerprint density at radius 1 is 1.23 bits per heavy atom. The van der Waals surface area contributed by atoms with Crippen LogP contribution in [0.1, 0.15) is 80.7 Å². The van der Waals surface area contributed by atoms with Crippen LogP contribution in [0, 0.1) is 12.3 Å². The monoisotopic (exact) mass is 564 g/mol. The first-order valence-corrected chi connectivity index (χ1v) is 14.8. The molecule has 0 unspecified atom stereocenters. The molecule has 2 N–H and O–H groups in total. The molecule has 2 aromatic heterocycles. The van der Waals surface area contributed by atoms with E-state index < -0.39 is 23.6 Å². The highest BCUT2D eigenvalue weighted by Crippen LogP contribution is 2.44. The molecule has 2 amide bonds. The van der Waals surface area contributed by atoms with Crippen LogP contribution in [0.15, 0.2) is 29.8 Å². The summed E-state index contributed by atoms with van der Waals surface area (Å²) in [7, 11) is 0. The zero-order valence-corrected chi connectivity index (χ0v) is 24.1. The molecule has 4 atom stereocenters. The van der Waals surface area contributed by atoms with Crippen molar-refractivity contribution in [3.05, 3.63) is 52.4 Å². The third-order valence-electron chi connectivity index (χ3n) is 8.36.